The van der Waals surface area contributed by atoms with E-state index in [4.69, 9.17) is 15.2 Å². The summed E-state index contributed by atoms with van der Waals surface area (Å²) in [6.07, 6.45) is 0. The summed E-state index contributed by atoms with van der Waals surface area (Å²) in [5.41, 5.74) is 6.82. The number of ether oxygens (including phenoxy) is 2. The molecule has 1 aromatic rings. The van der Waals surface area contributed by atoms with Gasteiger partial charge in [-0.2, -0.15) is 0 Å². The van der Waals surface area contributed by atoms with Gasteiger partial charge < -0.3 is 20.5 Å². The second-order valence-electron chi connectivity index (χ2n) is 5.68. The fourth-order valence-electron chi connectivity index (χ4n) is 1.81. The lowest BCUT2D eigenvalue weighted by Crippen LogP contribution is -2.45. The maximum Gasteiger partial charge on any atom is 0.189 e. The average Bonchev–Trinajstić information content (AvgIpc) is 2.35. The molecule has 0 saturated carbocycles. The van der Waals surface area contributed by atoms with Crippen LogP contribution in [0.15, 0.2) is 23.2 Å². The Labute approximate surface area is 121 Å². The lowest BCUT2D eigenvalue weighted by Gasteiger charge is -2.22. The number of nitrogens with two attached hydrogens (primary N) is 1. The van der Waals surface area contributed by atoms with Crippen molar-refractivity contribution in [2.24, 2.45) is 10.7 Å². The van der Waals surface area contributed by atoms with E-state index in [1.807, 2.05) is 45.9 Å². The minimum absolute atomic E-state index is 0.0651. The van der Waals surface area contributed by atoms with Crippen molar-refractivity contribution in [3.05, 3.63) is 23.8 Å². The van der Waals surface area contributed by atoms with Crippen LogP contribution in [0.25, 0.3) is 0 Å². The summed E-state index contributed by atoms with van der Waals surface area (Å²) in [7, 11) is 3.23. The number of hydrogen-bond acceptors (Lipinski definition) is 3. The van der Waals surface area contributed by atoms with Crippen LogP contribution in [-0.4, -0.2) is 25.7 Å². The number of benzene rings is 1. The van der Waals surface area contributed by atoms with Crippen molar-refractivity contribution in [1.29, 1.82) is 0 Å². The average molecular weight is 279 g/mol. The molecule has 0 bridgehead atoms. The molecule has 0 aromatic heterocycles. The summed E-state index contributed by atoms with van der Waals surface area (Å²) >= 11 is 0. The van der Waals surface area contributed by atoms with Crippen LogP contribution in [0.3, 0.4) is 0 Å². The van der Waals surface area contributed by atoms with Crippen LogP contribution < -0.4 is 20.5 Å². The fraction of sp³-hybridized carbons (Fsp3) is 0.533. The lowest BCUT2D eigenvalue weighted by atomic mass is 10.1. The zero-order chi connectivity index (χ0) is 15.3. The summed E-state index contributed by atoms with van der Waals surface area (Å²) in [6, 6.07) is 5.68. The van der Waals surface area contributed by atoms with Crippen molar-refractivity contribution in [2.45, 2.75) is 39.3 Å². The molecule has 0 amide bonds. The van der Waals surface area contributed by atoms with Crippen molar-refractivity contribution in [3.63, 3.8) is 0 Å². The number of methoxy groups -OCH3 is 2. The predicted octanol–water partition coefficient (Wildman–Crippen LogP) is 2.47. The largest absolute Gasteiger partial charge is 0.493 e. The Kier molecular flexibility index (Phi) is 5.25. The predicted molar refractivity (Wildman–Crippen MR) is 82.5 cm³/mol. The number of hydrogen-bond donors (Lipinski definition) is 2. The van der Waals surface area contributed by atoms with Gasteiger partial charge in [-0.05, 0) is 45.4 Å². The van der Waals surface area contributed by atoms with Gasteiger partial charge in [0.2, 0.25) is 0 Å². The number of nitrogens with one attached hydrogen (secondary N) is 1. The van der Waals surface area contributed by atoms with Crippen molar-refractivity contribution in [1.82, 2.24) is 5.32 Å². The van der Waals surface area contributed by atoms with E-state index in [0.29, 0.717) is 17.5 Å². The monoisotopic (exact) mass is 279 g/mol. The van der Waals surface area contributed by atoms with Crippen LogP contribution in [0.5, 0.6) is 11.5 Å². The molecule has 1 aromatic carbocycles. The Morgan fingerprint density at radius 2 is 1.80 bits per heavy atom. The maximum absolute atomic E-state index is 5.91. The lowest BCUT2D eigenvalue weighted by molar-refractivity contribution is 0.354. The van der Waals surface area contributed by atoms with E-state index >= 15 is 0 Å². The smallest absolute Gasteiger partial charge is 0.189 e. The van der Waals surface area contributed by atoms with E-state index < -0.39 is 0 Å². The van der Waals surface area contributed by atoms with Gasteiger partial charge in [0.25, 0.3) is 0 Å². The second-order valence-corrected chi connectivity index (χ2v) is 5.68. The minimum Gasteiger partial charge on any atom is -0.493 e. The second kappa shape index (κ2) is 6.50. The highest BCUT2D eigenvalue weighted by Crippen LogP contribution is 2.30. The minimum atomic E-state index is -0.106. The molecule has 0 saturated heterocycles. The van der Waals surface area contributed by atoms with Gasteiger partial charge in [0.1, 0.15) is 0 Å². The highest BCUT2D eigenvalue weighted by molar-refractivity contribution is 5.78. The fourth-order valence-corrected chi connectivity index (χ4v) is 1.81. The van der Waals surface area contributed by atoms with Gasteiger partial charge in [0.15, 0.2) is 17.5 Å². The first-order chi connectivity index (χ1) is 9.26. The Balaban J connectivity index is 2.92. The molecule has 0 spiro atoms. The van der Waals surface area contributed by atoms with Crippen LogP contribution in [0.2, 0.25) is 0 Å². The number of rotatable bonds is 4. The Morgan fingerprint density at radius 1 is 1.20 bits per heavy atom. The Hall–Kier alpha value is -1.91. The van der Waals surface area contributed by atoms with Gasteiger partial charge in [-0.15, -0.1) is 0 Å². The third-order valence-corrected chi connectivity index (χ3v) is 2.73. The summed E-state index contributed by atoms with van der Waals surface area (Å²) in [4.78, 5) is 4.45. The third kappa shape index (κ3) is 4.64. The number of nitrogens with zero attached hydrogens (tertiary/aromatic N) is 1. The molecule has 1 rings (SSSR count). The zero-order valence-electron chi connectivity index (χ0n) is 13.2. The Morgan fingerprint density at radius 3 is 2.30 bits per heavy atom. The molecule has 20 heavy (non-hydrogen) atoms. The van der Waals surface area contributed by atoms with Crippen LogP contribution >= 0.6 is 0 Å². The van der Waals surface area contributed by atoms with Crippen molar-refractivity contribution < 1.29 is 9.47 Å². The standard InChI is InChI=1S/C15H25N3O2/c1-10(17-14(16)18-15(2,3)4)11-7-8-12(19-5)13(9-11)20-6/h7-10H,1-6H3,(H3,16,17,18). The van der Waals surface area contributed by atoms with Gasteiger partial charge in [-0.1, -0.05) is 6.07 Å². The summed E-state index contributed by atoms with van der Waals surface area (Å²) in [5, 5.41) is 3.14. The van der Waals surface area contributed by atoms with E-state index in [-0.39, 0.29) is 11.6 Å². The van der Waals surface area contributed by atoms with E-state index in [2.05, 4.69) is 10.3 Å². The Bertz CT molecular complexity index is 478. The first-order valence-electron chi connectivity index (χ1n) is 6.60. The molecule has 1 unspecified atom stereocenters. The van der Waals surface area contributed by atoms with Crippen LogP contribution in [-0.2, 0) is 0 Å². The van der Waals surface area contributed by atoms with Crippen LogP contribution in [0.4, 0.5) is 0 Å². The first-order valence-corrected chi connectivity index (χ1v) is 6.60. The zero-order valence-corrected chi connectivity index (χ0v) is 13.2. The third-order valence-electron chi connectivity index (χ3n) is 2.73. The molecule has 0 aliphatic heterocycles. The summed E-state index contributed by atoms with van der Waals surface area (Å²) in [5.74, 6) is 1.82. The van der Waals surface area contributed by atoms with Gasteiger partial charge in [-0.3, -0.25) is 0 Å². The SMILES string of the molecule is COc1ccc(C(C)N=C(N)NC(C)(C)C)cc1OC. The van der Waals surface area contributed by atoms with Crippen molar-refractivity contribution >= 4 is 5.96 Å². The molecule has 0 heterocycles. The molecule has 0 fully saturated rings. The summed E-state index contributed by atoms with van der Waals surface area (Å²) < 4.78 is 10.5. The summed E-state index contributed by atoms with van der Waals surface area (Å²) in [6.45, 7) is 8.10. The van der Waals surface area contributed by atoms with Crippen molar-refractivity contribution in [2.75, 3.05) is 14.2 Å². The molecule has 112 valence electrons. The molecule has 1 atom stereocenters. The molecule has 0 radical (unpaired) electrons. The van der Waals surface area contributed by atoms with E-state index in [1.165, 1.54) is 0 Å². The van der Waals surface area contributed by atoms with E-state index in [1.54, 1.807) is 14.2 Å². The highest BCUT2D eigenvalue weighted by atomic mass is 16.5. The number of aliphatic imine (C=N–C) groups is 1. The van der Waals surface area contributed by atoms with Gasteiger partial charge in [0.05, 0.1) is 20.3 Å². The van der Waals surface area contributed by atoms with Gasteiger partial charge in [0, 0.05) is 5.54 Å². The molecule has 5 nitrogen and oxygen atoms in total. The molecular weight excluding hydrogens is 254 g/mol. The number of guanidine groups is 1. The normalized spacial score (nSPS) is 13.8. The van der Waals surface area contributed by atoms with Crippen LogP contribution in [0.1, 0.15) is 39.3 Å². The molecular formula is C15H25N3O2. The van der Waals surface area contributed by atoms with Crippen LogP contribution in [0, 0.1) is 0 Å². The van der Waals surface area contributed by atoms with Gasteiger partial charge >= 0.3 is 0 Å². The molecule has 0 aliphatic rings. The molecule has 5 heteroatoms. The molecule has 3 N–H and O–H groups in total. The highest BCUT2D eigenvalue weighted by Gasteiger charge is 2.13. The quantitative estimate of drug-likeness (QED) is 0.656. The maximum atomic E-state index is 5.91. The topological polar surface area (TPSA) is 68.9 Å². The van der Waals surface area contributed by atoms with E-state index in [9.17, 15) is 0 Å². The van der Waals surface area contributed by atoms with Crippen molar-refractivity contribution in [3.8, 4) is 11.5 Å². The van der Waals surface area contributed by atoms with Gasteiger partial charge in [-0.25, -0.2) is 4.99 Å². The molecule has 0 aliphatic carbocycles. The first kappa shape index (κ1) is 16.1. The van der Waals surface area contributed by atoms with E-state index in [0.717, 1.165) is 5.56 Å².